The lowest BCUT2D eigenvalue weighted by Crippen LogP contribution is -2.31. The molecule has 96 valence electrons. The van der Waals surface area contributed by atoms with Gasteiger partial charge < -0.3 is 14.4 Å². The van der Waals surface area contributed by atoms with Gasteiger partial charge in [0.25, 0.3) is 0 Å². The Bertz CT molecular complexity index is 312. The second-order valence-electron chi connectivity index (χ2n) is 3.73. The van der Waals surface area contributed by atoms with Crippen molar-refractivity contribution < 1.29 is 9.47 Å². The largest absolute Gasteiger partial charge is 0.383 e. The summed E-state index contributed by atoms with van der Waals surface area (Å²) in [6, 6.07) is 8.17. The zero-order valence-electron chi connectivity index (χ0n) is 10.5. The fourth-order valence-electron chi connectivity index (χ4n) is 1.69. The third kappa shape index (κ3) is 4.54. The summed E-state index contributed by atoms with van der Waals surface area (Å²) in [5.41, 5.74) is 2.30. The molecule has 0 heterocycles. The fraction of sp³-hybridized carbons (Fsp3) is 0.538. The van der Waals surface area contributed by atoms with Gasteiger partial charge >= 0.3 is 0 Å². The molecule has 0 aromatic heterocycles. The van der Waals surface area contributed by atoms with E-state index in [0.29, 0.717) is 19.1 Å². The van der Waals surface area contributed by atoms with Gasteiger partial charge in [-0.2, -0.15) is 0 Å². The van der Waals surface area contributed by atoms with Crippen molar-refractivity contribution in [3.8, 4) is 0 Å². The second kappa shape index (κ2) is 8.34. The highest BCUT2D eigenvalue weighted by atomic mass is 35.5. The Balaban J connectivity index is 2.78. The maximum Gasteiger partial charge on any atom is 0.0637 e. The molecule has 0 atom stereocenters. The van der Waals surface area contributed by atoms with Crippen LogP contribution < -0.4 is 4.90 Å². The first-order valence-corrected chi connectivity index (χ1v) is 6.23. The van der Waals surface area contributed by atoms with Crippen LogP contribution in [0.3, 0.4) is 0 Å². The third-order valence-corrected chi connectivity index (χ3v) is 2.89. The van der Waals surface area contributed by atoms with Crippen LogP contribution in [0.4, 0.5) is 5.69 Å². The Kier molecular flexibility index (Phi) is 7.01. The number of benzene rings is 1. The molecule has 0 amide bonds. The van der Waals surface area contributed by atoms with Crippen molar-refractivity contribution in [2.75, 3.05) is 45.4 Å². The summed E-state index contributed by atoms with van der Waals surface area (Å²) in [6.07, 6.45) is 0. The number of anilines is 1. The van der Waals surface area contributed by atoms with E-state index in [9.17, 15) is 0 Å². The lowest BCUT2D eigenvalue weighted by molar-refractivity contribution is 0.190. The molecule has 3 nitrogen and oxygen atoms in total. The van der Waals surface area contributed by atoms with E-state index in [4.69, 9.17) is 21.1 Å². The summed E-state index contributed by atoms with van der Waals surface area (Å²) >= 11 is 5.96. The normalized spacial score (nSPS) is 10.5. The van der Waals surface area contributed by atoms with Gasteiger partial charge in [-0.15, -0.1) is 11.6 Å². The van der Waals surface area contributed by atoms with Gasteiger partial charge in [0, 0.05) is 38.9 Å². The third-order valence-electron chi connectivity index (χ3n) is 2.61. The maximum atomic E-state index is 5.96. The average molecular weight is 258 g/mol. The van der Waals surface area contributed by atoms with Gasteiger partial charge in [0.15, 0.2) is 0 Å². The van der Waals surface area contributed by atoms with Gasteiger partial charge in [0.2, 0.25) is 0 Å². The highest BCUT2D eigenvalue weighted by molar-refractivity contribution is 6.17. The molecule has 0 aliphatic heterocycles. The number of ether oxygens (including phenoxy) is 2. The summed E-state index contributed by atoms with van der Waals surface area (Å²) in [6.45, 7) is 3.07. The smallest absolute Gasteiger partial charge is 0.0637 e. The van der Waals surface area contributed by atoms with Crippen LogP contribution in [-0.4, -0.2) is 40.5 Å². The SMILES string of the molecule is COCCN(CCOC)c1ccccc1CCl. The van der Waals surface area contributed by atoms with E-state index in [-0.39, 0.29) is 0 Å². The molecule has 1 aromatic rings. The summed E-state index contributed by atoms with van der Waals surface area (Å²) in [5, 5.41) is 0. The van der Waals surface area contributed by atoms with Crippen molar-refractivity contribution in [3.05, 3.63) is 29.8 Å². The Labute approximate surface area is 108 Å². The van der Waals surface area contributed by atoms with Crippen LogP contribution >= 0.6 is 11.6 Å². The zero-order chi connectivity index (χ0) is 12.5. The summed E-state index contributed by atoms with van der Waals surface area (Å²) in [4.78, 5) is 2.24. The number of rotatable bonds is 8. The van der Waals surface area contributed by atoms with Crippen LogP contribution in [0.1, 0.15) is 5.56 Å². The van der Waals surface area contributed by atoms with E-state index in [1.54, 1.807) is 14.2 Å². The molecule has 0 fully saturated rings. The zero-order valence-corrected chi connectivity index (χ0v) is 11.2. The first-order valence-electron chi connectivity index (χ1n) is 5.70. The molecule has 0 radical (unpaired) electrons. The summed E-state index contributed by atoms with van der Waals surface area (Å²) < 4.78 is 10.3. The molecule has 0 spiro atoms. The molecule has 0 saturated heterocycles. The Morgan fingerprint density at radius 2 is 1.65 bits per heavy atom. The van der Waals surface area contributed by atoms with Crippen LogP contribution in [0.2, 0.25) is 0 Å². The number of para-hydroxylation sites is 1. The quantitative estimate of drug-likeness (QED) is 0.668. The van der Waals surface area contributed by atoms with Crippen LogP contribution in [0, 0.1) is 0 Å². The minimum atomic E-state index is 0.520. The van der Waals surface area contributed by atoms with Crippen LogP contribution in [0.5, 0.6) is 0 Å². The number of hydrogen-bond acceptors (Lipinski definition) is 3. The predicted molar refractivity (Wildman–Crippen MR) is 72.0 cm³/mol. The predicted octanol–water partition coefficient (Wildman–Crippen LogP) is 2.52. The van der Waals surface area contributed by atoms with Gasteiger partial charge in [-0.25, -0.2) is 0 Å². The van der Waals surface area contributed by atoms with Crippen LogP contribution in [0.15, 0.2) is 24.3 Å². The molecule has 0 N–H and O–H groups in total. The van der Waals surface area contributed by atoms with E-state index in [0.717, 1.165) is 24.3 Å². The minimum absolute atomic E-state index is 0.520. The number of alkyl halides is 1. The molecule has 1 rings (SSSR count). The Hall–Kier alpha value is -0.770. The average Bonchev–Trinajstić information content (AvgIpc) is 2.39. The van der Waals surface area contributed by atoms with Gasteiger partial charge in [-0.05, 0) is 11.6 Å². The first kappa shape index (κ1) is 14.3. The van der Waals surface area contributed by atoms with Crippen molar-refractivity contribution in [3.63, 3.8) is 0 Å². The lowest BCUT2D eigenvalue weighted by atomic mass is 10.2. The number of hydrogen-bond donors (Lipinski definition) is 0. The number of halogens is 1. The topological polar surface area (TPSA) is 21.7 Å². The number of nitrogens with zero attached hydrogens (tertiary/aromatic N) is 1. The maximum absolute atomic E-state index is 5.96. The van der Waals surface area contributed by atoms with Gasteiger partial charge in [-0.1, -0.05) is 18.2 Å². The van der Waals surface area contributed by atoms with E-state index in [1.807, 2.05) is 12.1 Å². The Morgan fingerprint density at radius 1 is 1.06 bits per heavy atom. The van der Waals surface area contributed by atoms with Gasteiger partial charge in [0.1, 0.15) is 0 Å². The van der Waals surface area contributed by atoms with Crippen LogP contribution in [0.25, 0.3) is 0 Å². The van der Waals surface area contributed by atoms with Crippen molar-refractivity contribution in [1.29, 1.82) is 0 Å². The van der Waals surface area contributed by atoms with Crippen LogP contribution in [-0.2, 0) is 15.4 Å². The molecule has 1 aromatic carbocycles. The molecule has 0 aliphatic rings. The van der Waals surface area contributed by atoms with E-state index < -0.39 is 0 Å². The highest BCUT2D eigenvalue weighted by Crippen LogP contribution is 2.21. The molecule has 17 heavy (non-hydrogen) atoms. The van der Waals surface area contributed by atoms with Crippen molar-refractivity contribution in [2.24, 2.45) is 0 Å². The molecular weight excluding hydrogens is 238 g/mol. The molecule has 0 saturated carbocycles. The molecule has 4 heteroatoms. The summed E-state index contributed by atoms with van der Waals surface area (Å²) in [7, 11) is 3.42. The molecule has 0 unspecified atom stereocenters. The molecular formula is C13H20ClNO2. The lowest BCUT2D eigenvalue weighted by Gasteiger charge is -2.26. The monoisotopic (exact) mass is 257 g/mol. The van der Waals surface area contributed by atoms with E-state index in [2.05, 4.69) is 17.0 Å². The molecule has 0 aliphatic carbocycles. The number of methoxy groups -OCH3 is 2. The summed E-state index contributed by atoms with van der Waals surface area (Å²) in [5.74, 6) is 0.520. The van der Waals surface area contributed by atoms with Crippen molar-refractivity contribution >= 4 is 17.3 Å². The standard InChI is InChI=1S/C13H20ClNO2/c1-16-9-7-15(8-10-17-2)13-6-4-3-5-12(13)11-14/h3-6H,7-11H2,1-2H3. The molecule has 0 bridgehead atoms. The van der Waals surface area contributed by atoms with E-state index in [1.165, 1.54) is 0 Å². The van der Waals surface area contributed by atoms with Gasteiger partial charge in [0.05, 0.1) is 13.2 Å². The van der Waals surface area contributed by atoms with E-state index >= 15 is 0 Å². The van der Waals surface area contributed by atoms with Crippen molar-refractivity contribution in [1.82, 2.24) is 0 Å². The van der Waals surface area contributed by atoms with Crippen molar-refractivity contribution in [2.45, 2.75) is 5.88 Å². The fourth-order valence-corrected chi connectivity index (χ4v) is 1.91. The second-order valence-corrected chi connectivity index (χ2v) is 4.00. The minimum Gasteiger partial charge on any atom is -0.383 e. The first-order chi connectivity index (χ1) is 8.33. The van der Waals surface area contributed by atoms with Gasteiger partial charge in [-0.3, -0.25) is 0 Å². The highest BCUT2D eigenvalue weighted by Gasteiger charge is 2.09. The Morgan fingerprint density at radius 3 is 2.18 bits per heavy atom.